The molecule has 230 valence electrons. The Hall–Kier alpha value is -4.00. The summed E-state index contributed by atoms with van der Waals surface area (Å²) in [5.41, 5.74) is 6.26. The lowest BCUT2D eigenvalue weighted by Crippen LogP contribution is -2.25. The predicted octanol–water partition coefficient (Wildman–Crippen LogP) is 8.91. The minimum Gasteiger partial charge on any atom is -0.489 e. The fourth-order valence-electron chi connectivity index (χ4n) is 5.74. The zero-order valence-corrected chi connectivity index (χ0v) is 25.8. The van der Waals surface area contributed by atoms with Crippen LogP contribution in [0.25, 0.3) is 22.3 Å². The minimum atomic E-state index is -0.221. The molecular weight excluding hydrogens is 552 g/mol. The van der Waals surface area contributed by atoms with Crippen LogP contribution in [0.2, 0.25) is 0 Å². The van der Waals surface area contributed by atoms with E-state index in [1.54, 1.807) is 0 Å². The van der Waals surface area contributed by atoms with Gasteiger partial charge in [-0.15, -0.1) is 0 Å². The Bertz CT molecular complexity index is 1400. The second-order valence-corrected chi connectivity index (χ2v) is 11.5. The molecule has 0 bridgehead atoms. The lowest BCUT2D eigenvalue weighted by molar-refractivity contribution is -0.105. The highest BCUT2D eigenvalue weighted by Gasteiger charge is 2.21. The zero-order valence-electron chi connectivity index (χ0n) is 25.8. The molecule has 0 radical (unpaired) electrons. The first-order valence-corrected chi connectivity index (χ1v) is 15.9. The van der Waals surface area contributed by atoms with Gasteiger partial charge in [-0.3, -0.25) is 0 Å². The van der Waals surface area contributed by atoms with Gasteiger partial charge in [-0.2, -0.15) is 0 Å². The maximum Gasteiger partial charge on any atom is 0.199 e. The maximum atomic E-state index is 6.33. The third kappa shape index (κ3) is 7.55. The van der Waals surface area contributed by atoms with Crippen LogP contribution < -0.4 is 18.9 Å². The van der Waals surface area contributed by atoms with Crippen LogP contribution in [-0.4, -0.2) is 39.0 Å². The Balaban J connectivity index is 1.16. The van der Waals surface area contributed by atoms with E-state index in [9.17, 15) is 0 Å². The molecule has 2 aliphatic heterocycles. The Labute approximate surface area is 260 Å². The quantitative estimate of drug-likeness (QED) is 0.162. The molecule has 0 N–H and O–H groups in total. The van der Waals surface area contributed by atoms with Crippen LogP contribution >= 0.6 is 0 Å². The average Bonchev–Trinajstić information content (AvgIpc) is 3.06. The summed E-state index contributed by atoms with van der Waals surface area (Å²) in [6.07, 6.45) is 5.74. The van der Waals surface area contributed by atoms with E-state index >= 15 is 0 Å². The predicted molar refractivity (Wildman–Crippen MR) is 173 cm³/mol. The van der Waals surface area contributed by atoms with Crippen LogP contribution in [0.4, 0.5) is 0 Å². The summed E-state index contributed by atoms with van der Waals surface area (Å²) in [5.74, 6) is 3.18. The van der Waals surface area contributed by atoms with E-state index in [2.05, 4.69) is 50.2 Å². The lowest BCUT2D eigenvalue weighted by Gasteiger charge is -2.25. The Morgan fingerprint density at radius 1 is 0.523 bits per heavy atom. The Morgan fingerprint density at radius 2 is 0.977 bits per heavy atom. The third-order valence-electron chi connectivity index (χ3n) is 8.02. The molecule has 2 aliphatic rings. The zero-order chi connectivity index (χ0) is 30.1. The SMILES string of the molecule is Cc1ccc(OC2CCCCO2)c(-c2ccccc2OCCOc2ccccc2-c2cc(C)ccc2OC2CCCCO2)c1. The maximum absolute atomic E-state index is 6.33. The molecule has 6 rings (SSSR count). The molecule has 2 atom stereocenters. The van der Waals surface area contributed by atoms with Crippen molar-refractivity contribution in [1.29, 1.82) is 0 Å². The second kappa shape index (κ2) is 14.7. The standard InChI is InChI=1S/C38H42O6/c1-27-17-19-35(43-37-15-7-9-21-41-37)31(25-27)29-11-3-5-13-33(29)39-23-24-40-34-14-6-4-12-30(34)32-26-28(2)18-20-36(32)44-38-16-8-10-22-42-38/h3-6,11-14,17-20,25-26,37-38H,7-10,15-16,21-24H2,1-2H3. The van der Waals surface area contributed by atoms with Crippen molar-refractivity contribution in [2.45, 2.75) is 65.0 Å². The molecule has 0 aliphatic carbocycles. The number of ether oxygens (including phenoxy) is 6. The first-order chi connectivity index (χ1) is 21.6. The smallest absolute Gasteiger partial charge is 0.199 e. The van der Waals surface area contributed by atoms with Crippen LogP contribution in [-0.2, 0) is 9.47 Å². The van der Waals surface area contributed by atoms with E-state index in [0.717, 1.165) is 108 Å². The average molecular weight is 595 g/mol. The van der Waals surface area contributed by atoms with E-state index in [4.69, 9.17) is 28.4 Å². The van der Waals surface area contributed by atoms with Crippen LogP contribution in [0.1, 0.15) is 49.7 Å². The van der Waals surface area contributed by atoms with Gasteiger partial charge >= 0.3 is 0 Å². The summed E-state index contributed by atoms with van der Waals surface area (Å²) >= 11 is 0. The molecule has 6 nitrogen and oxygen atoms in total. The van der Waals surface area contributed by atoms with Gasteiger partial charge in [0.2, 0.25) is 0 Å². The molecule has 2 saturated heterocycles. The van der Waals surface area contributed by atoms with E-state index in [0.29, 0.717) is 13.2 Å². The highest BCUT2D eigenvalue weighted by atomic mass is 16.7. The normalized spacial score (nSPS) is 18.4. The second-order valence-electron chi connectivity index (χ2n) is 11.5. The van der Waals surface area contributed by atoms with Gasteiger partial charge in [-0.25, -0.2) is 0 Å². The van der Waals surface area contributed by atoms with Crippen molar-refractivity contribution in [3.05, 3.63) is 96.1 Å². The third-order valence-corrected chi connectivity index (χ3v) is 8.02. The molecule has 2 heterocycles. The molecule has 0 saturated carbocycles. The van der Waals surface area contributed by atoms with E-state index < -0.39 is 0 Å². The van der Waals surface area contributed by atoms with Gasteiger partial charge in [-0.1, -0.05) is 59.7 Å². The Kier molecular flexibility index (Phi) is 10.0. The van der Waals surface area contributed by atoms with Crippen molar-refractivity contribution >= 4 is 0 Å². The van der Waals surface area contributed by atoms with Gasteiger partial charge in [0.15, 0.2) is 12.6 Å². The van der Waals surface area contributed by atoms with Gasteiger partial charge < -0.3 is 28.4 Å². The minimum absolute atomic E-state index is 0.221. The topological polar surface area (TPSA) is 55.4 Å². The summed E-state index contributed by atoms with van der Waals surface area (Å²) in [7, 11) is 0. The lowest BCUT2D eigenvalue weighted by atomic mass is 10.0. The van der Waals surface area contributed by atoms with Crippen molar-refractivity contribution in [3.63, 3.8) is 0 Å². The van der Waals surface area contributed by atoms with Gasteiger partial charge in [0, 0.05) is 35.1 Å². The summed E-state index contributed by atoms with van der Waals surface area (Å²) in [5, 5.41) is 0. The van der Waals surface area contributed by atoms with Gasteiger partial charge in [-0.05, 0) is 75.9 Å². The summed E-state index contributed by atoms with van der Waals surface area (Å²) < 4.78 is 37.1. The molecule has 6 heteroatoms. The molecular formula is C38H42O6. The highest BCUT2D eigenvalue weighted by Crippen LogP contribution is 2.40. The van der Waals surface area contributed by atoms with Crippen LogP contribution in [0.15, 0.2) is 84.9 Å². The van der Waals surface area contributed by atoms with E-state index in [-0.39, 0.29) is 12.6 Å². The van der Waals surface area contributed by atoms with Gasteiger partial charge in [0.1, 0.15) is 36.2 Å². The number of para-hydroxylation sites is 2. The monoisotopic (exact) mass is 594 g/mol. The van der Waals surface area contributed by atoms with Crippen LogP contribution in [0.3, 0.4) is 0 Å². The fourth-order valence-corrected chi connectivity index (χ4v) is 5.74. The molecule has 4 aromatic carbocycles. The first kappa shape index (κ1) is 30.0. The van der Waals surface area contributed by atoms with E-state index in [1.165, 1.54) is 0 Å². The number of aryl methyl sites for hydroxylation is 2. The molecule has 4 aromatic rings. The highest BCUT2D eigenvalue weighted by molar-refractivity contribution is 5.77. The molecule has 2 unspecified atom stereocenters. The number of benzene rings is 4. The van der Waals surface area contributed by atoms with Gasteiger partial charge in [0.05, 0.1) is 13.2 Å². The Morgan fingerprint density at radius 3 is 1.41 bits per heavy atom. The van der Waals surface area contributed by atoms with Crippen molar-refractivity contribution in [2.75, 3.05) is 26.4 Å². The molecule has 0 spiro atoms. The fraction of sp³-hybridized carbons (Fsp3) is 0.368. The largest absolute Gasteiger partial charge is 0.489 e. The summed E-state index contributed by atoms with van der Waals surface area (Å²) in [6, 6.07) is 28.7. The molecule has 0 aromatic heterocycles. The molecule has 0 amide bonds. The molecule has 44 heavy (non-hydrogen) atoms. The van der Waals surface area contributed by atoms with Crippen LogP contribution in [0, 0.1) is 13.8 Å². The summed E-state index contributed by atoms with van der Waals surface area (Å²) in [4.78, 5) is 0. The van der Waals surface area contributed by atoms with Crippen molar-refractivity contribution in [1.82, 2.24) is 0 Å². The number of hydrogen-bond donors (Lipinski definition) is 0. The molecule has 2 fully saturated rings. The van der Waals surface area contributed by atoms with Crippen molar-refractivity contribution < 1.29 is 28.4 Å². The van der Waals surface area contributed by atoms with Crippen molar-refractivity contribution in [3.8, 4) is 45.3 Å². The number of rotatable bonds is 11. The van der Waals surface area contributed by atoms with Crippen LogP contribution in [0.5, 0.6) is 23.0 Å². The van der Waals surface area contributed by atoms with Crippen molar-refractivity contribution in [2.24, 2.45) is 0 Å². The van der Waals surface area contributed by atoms with E-state index in [1.807, 2.05) is 48.5 Å². The summed E-state index contributed by atoms with van der Waals surface area (Å²) in [6.45, 7) is 6.42. The first-order valence-electron chi connectivity index (χ1n) is 15.9. The van der Waals surface area contributed by atoms with Gasteiger partial charge in [0.25, 0.3) is 0 Å². The number of hydrogen-bond acceptors (Lipinski definition) is 6.